The van der Waals surface area contributed by atoms with Crippen LogP contribution < -0.4 is 0 Å². The van der Waals surface area contributed by atoms with Gasteiger partial charge in [-0.2, -0.15) is 10.3 Å². The molecule has 1 N–H and O–H groups in total. The van der Waals surface area contributed by atoms with Crippen molar-refractivity contribution in [1.29, 1.82) is 0 Å². The van der Waals surface area contributed by atoms with Crippen LogP contribution in [-0.4, -0.2) is 33.5 Å². The number of hydrogen-bond donors (Lipinski definition) is 1. The van der Waals surface area contributed by atoms with Gasteiger partial charge >= 0.3 is 5.97 Å². The summed E-state index contributed by atoms with van der Waals surface area (Å²) in [5.74, 6) is -0.526. The number of rotatable bonds is 2. The molecule has 0 aromatic carbocycles. The van der Waals surface area contributed by atoms with E-state index < -0.39 is 5.97 Å². The Balaban J connectivity index is 2.45. The Hall–Kier alpha value is -1.76. The van der Waals surface area contributed by atoms with Gasteiger partial charge in [0.05, 0.1) is 12.6 Å². The van der Waals surface area contributed by atoms with Crippen molar-refractivity contribution in [3.63, 3.8) is 0 Å². The van der Waals surface area contributed by atoms with Gasteiger partial charge in [0.15, 0.2) is 5.69 Å². The molecule has 0 spiro atoms. The van der Waals surface area contributed by atoms with Crippen LogP contribution in [0.4, 0.5) is 0 Å². The van der Waals surface area contributed by atoms with E-state index in [1.165, 1.54) is 18.4 Å². The van der Waals surface area contributed by atoms with Crippen molar-refractivity contribution < 1.29 is 9.53 Å². The molecule has 14 heavy (non-hydrogen) atoms. The Morgan fingerprint density at radius 2 is 2.43 bits per heavy atom. The minimum atomic E-state index is -0.526. The standard InChI is InChI=1S/C7H6N4O2S/c1-13-7(12)6-5(9-11-10-6)4-2-14-3-8-4/h2-3H,1H3,(H,9,10,11). The van der Waals surface area contributed by atoms with Crippen LogP contribution in [-0.2, 0) is 4.74 Å². The Bertz CT molecular complexity index is 436. The summed E-state index contributed by atoms with van der Waals surface area (Å²) in [5, 5.41) is 11.7. The predicted molar refractivity (Wildman–Crippen MR) is 48.8 cm³/mol. The number of esters is 1. The summed E-state index contributed by atoms with van der Waals surface area (Å²) >= 11 is 1.42. The Morgan fingerprint density at radius 1 is 1.57 bits per heavy atom. The molecule has 72 valence electrons. The first-order chi connectivity index (χ1) is 6.83. The van der Waals surface area contributed by atoms with Gasteiger partial charge in [-0.3, -0.25) is 0 Å². The highest BCUT2D eigenvalue weighted by atomic mass is 32.1. The van der Waals surface area contributed by atoms with E-state index in [2.05, 4.69) is 25.1 Å². The number of carbonyl (C=O) groups is 1. The number of H-pyrrole nitrogens is 1. The van der Waals surface area contributed by atoms with E-state index in [0.29, 0.717) is 11.4 Å². The van der Waals surface area contributed by atoms with Gasteiger partial charge in [0.1, 0.15) is 11.4 Å². The van der Waals surface area contributed by atoms with Crippen LogP contribution in [0, 0.1) is 0 Å². The number of methoxy groups -OCH3 is 1. The first-order valence-electron chi connectivity index (χ1n) is 3.70. The molecule has 0 saturated carbocycles. The van der Waals surface area contributed by atoms with Crippen LogP contribution >= 0.6 is 11.3 Å². The topological polar surface area (TPSA) is 80.8 Å². The average Bonchev–Trinajstić information content (AvgIpc) is 2.85. The number of ether oxygens (including phenoxy) is 1. The van der Waals surface area contributed by atoms with Gasteiger partial charge in [-0.1, -0.05) is 0 Å². The molecule has 0 fully saturated rings. The van der Waals surface area contributed by atoms with Gasteiger partial charge in [0, 0.05) is 5.38 Å². The summed E-state index contributed by atoms with van der Waals surface area (Å²) in [7, 11) is 1.29. The lowest BCUT2D eigenvalue weighted by Gasteiger charge is -1.94. The molecule has 2 aromatic rings. The molecule has 0 radical (unpaired) electrons. The molecular formula is C7H6N4O2S. The number of nitrogens with zero attached hydrogens (tertiary/aromatic N) is 3. The zero-order chi connectivity index (χ0) is 9.97. The highest BCUT2D eigenvalue weighted by Crippen LogP contribution is 2.19. The first kappa shape index (κ1) is 8.82. The molecule has 0 aliphatic carbocycles. The predicted octanol–water partition coefficient (Wildman–Crippen LogP) is 0.715. The average molecular weight is 210 g/mol. The van der Waals surface area contributed by atoms with Gasteiger partial charge in [0.25, 0.3) is 0 Å². The lowest BCUT2D eigenvalue weighted by atomic mass is 10.3. The third-order valence-electron chi connectivity index (χ3n) is 1.60. The van der Waals surface area contributed by atoms with Gasteiger partial charge in [-0.15, -0.1) is 16.4 Å². The van der Waals surface area contributed by atoms with Crippen LogP contribution in [0.5, 0.6) is 0 Å². The third kappa shape index (κ3) is 1.37. The molecule has 2 heterocycles. The molecule has 0 unspecified atom stereocenters. The fraction of sp³-hybridized carbons (Fsp3) is 0.143. The number of hydrogen-bond acceptors (Lipinski definition) is 6. The molecule has 0 aliphatic rings. The smallest absolute Gasteiger partial charge is 0.360 e. The highest BCUT2D eigenvalue weighted by molar-refractivity contribution is 7.07. The summed E-state index contributed by atoms with van der Waals surface area (Å²) in [4.78, 5) is 15.2. The van der Waals surface area contributed by atoms with Crippen molar-refractivity contribution in [3.05, 3.63) is 16.6 Å². The second kappa shape index (κ2) is 3.54. The zero-order valence-electron chi connectivity index (χ0n) is 7.22. The Morgan fingerprint density at radius 3 is 3.07 bits per heavy atom. The molecular weight excluding hydrogens is 204 g/mol. The largest absolute Gasteiger partial charge is 0.464 e. The molecule has 0 atom stereocenters. The van der Waals surface area contributed by atoms with Gasteiger partial charge in [0.2, 0.25) is 0 Å². The minimum Gasteiger partial charge on any atom is -0.464 e. The van der Waals surface area contributed by atoms with E-state index in [-0.39, 0.29) is 5.69 Å². The lowest BCUT2D eigenvalue weighted by molar-refractivity contribution is 0.0595. The van der Waals surface area contributed by atoms with E-state index in [0.717, 1.165) is 0 Å². The van der Waals surface area contributed by atoms with E-state index in [1.807, 2.05) is 0 Å². The number of thiazole rings is 1. The fourth-order valence-corrected chi connectivity index (χ4v) is 1.51. The third-order valence-corrected chi connectivity index (χ3v) is 2.19. The summed E-state index contributed by atoms with van der Waals surface area (Å²) in [6.07, 6.45) is 0. The second-order valence-corrected chi connectivity index (χ2v) is 3.10. The number of aromatic amines is 1. The van der Waals surface area contributed by atoms with Crippen molar-refractivity contribution in [3.8, 4) is 11.4 Å². The van der Waals surface area contributed by atoms with E-state index in [4.69, 9.17) is 0 Å². The first-order valence-corrected chi connectivity index (χ1v) is 4.65. The van der Waals surface area contributed by atoms with Crippen LogP contribution in [0.1, 0.15) is 10.5 Å². The van der Waals surface area contributed by atoms with Crippen LogP contribution in [0.25, 0.3) is 11.4 Å². The Labute approximate surface area is 82.9 Å². The maximum Gasteiger partial charge on any atom is 0.360 e. The number of nitrogens with one attached hydrogen (secondary N) is 1. The maximum absolute atomic E-state index is 11.2. The molecule has 6 nitrogen and oxygen atoms in total. The molecule has 7 heteroatoms. The quantitative estimate of drug-likeness (QED) is 0.738. The fourth-order valence-electron chi connectivity index (χ4n) is 0.978. The van der Waals surface area contributed by atoms with Gasteiger partial charge < -0.3 is 4.74 Å². The molecule has 0 bridgehead atoms. The monoisotopic (exact) mass is 210 g/mol. The SMILES string of the molecule is COC(=O)c1n[nH]nc1-c1cscn1. The second-order valence-electron chi connectivity index (χ2n) is 2.39. The van der Waals surface area contributed by atoms with Crippen LogP contribution in [0.3, 0.4) is 0 Å². The number of carbonyl (C=O) groups excluding carboxylic acids is 1. The van der Waals surface area contributed by atoms with Crippen LogP contribution in [0.2, 0.25) is 0 Å². The molecule has 0 aliphatic heterocycles. The van der Waals surface area contributed by atoms with Gasteiger partial charge in [-0.25, -0.2) is 9.78 Å². The van der Waals surface area contributed by atoms with E-state index >= 15 is 0 Å². The molecule has 0 amide bonds. The van der Waals surface area contributed by atoms with Crippen molar-refractivity contribution in [2.24, 2.45) is 0 Å². The molecule has 2 rings (SSSR count). The number of aromatic nitrogens is 4. The van der Waals surface area contributed by atoms with Crippen molar-refractivity contribution >= 4 is 17.3 Å². The maximum atomic E-state index is 11.2. The van der Waals surface area contributed by atoms with Crippen molar-refractivity contribution in [2.75, 3.05) is 7.11 Å². The lowest BCUT2D eigenvalue weighted by Crippen LogP contribution is -2.03. The summed E-state index contributed by atoms with van der Waals surface area (Å²) in [6, 6.07) is 0. The summed E-state index contributed by atoms with van der Waals surface area (Å²) < 4.78 is 4.55. The van der Waals surface area contributed by atoms with E-state index in [1.54, 1.807) is 10.9 Å². The molecule has 0 saturated heterocycles. The Kier molecular flexibility index (Phi) is 2.23. The van der Waals surface area contributed by atoms with Crippen molar-refractivity contribution in [1.82, 2.24) is 20.4 Å². The van der Waals surface area contributed by atoms with Crippen molar-refractivity contribution in [2.45, 2.75) is 0 Å². The zero-order valence-corrected chi connectivity index (χ0v) is 8.04. The van der Waals surface area contributed by atoms with Gasteiger partial charge in [-0.05, 0) is 0 Å². The minimum absolute atomic E-state index is 0.151. The highest BCUT2D eigenvalue weighted by Gasteiger charge is 2.19. The van der Waals surface area contributed by atoms with Crippen LogP contribution in [0.15, 0.2) is 10.9 Å². The van der Waals surface area contributed by atoms with E-state index in [9.17, 15) is 4.79 Å². The summed E-state index contributed by atoms with van der Waals surface area (Å²) in [5.41, 5.74) is 2.84. The normalized spacial score (nSPS) is 10.1. The summed E-state index contributed by atoms with van der Waals surface area (Å²) in [6.45, 7) is 0. The molecule has 2 aromatic heterocycles.